The number of nitrogens with one attached hydrogen (secondary N) is 2. The van der Waals surface area contributed by atoms with Crippen molar-refractivity contribution in [3.63, 3.8) is 0 Å². The van der Waals surface area contributed by atoms with Crippen LogP contribution in [0.5, 0.6) is 0 Å². The third-order valence-electron chi connectivity index (χ3n) is 7.88. The van der Waals surface area contributed by atoms with Crippen LogP contribution in [0.15, 0.2) is 97.2 Å². The molecule has 6 heteroatoms. The average molecular weight is 513 g/mol. The Morgan fingerprint density at radius 3 is 2.46 bits per heavy atom. The standard InChI is InChI=1S/C33H28N4O2/c34-21-25-6-3-4-15-33(25,39-26-13-17-38-18-14-26)28-12-16-35-32-27(28)20-31(37-32)23-10-8-22(9-11-23)30-19-24-5-1-2-7-29(24)36-30/h1-12,15-16,19-20,25-26,36H,13-14,17-18H2,(H,35,37). The minimum atomic E-state index is -0.897. The Morgan fingerprint density at radius 2 is 1.69 bits per heavy atom. The summed E-state index contributed by atoms with van der Waals surface area (Å²) in [5.74, 6) is -0.454. The number of ether oxygens (including phenoxy) is 2. The summed E-state index contributed by atoms with van der Waals surface area (Å²) in [4.78, 5) is 11.7. The zero-order valence-electron chi connectivity index (χ0n) is 21.4. The summed E-state index contributed by atoms with van der Waals surface area (Å²) in [5.41, 5.74) is 6.21. The summed E-state index contributed by atoms with van der Waals surface area (Å²) in [5, 5.41) is 12.3. The van der Waals surface area contributed by atoms with Gasteiger partial charge in [0.2, 0.25) is 0 Å². The first-order valence-corrected chi connectivity index (χ1v) is 13.4. The number of hydrogen-bond acceptors (Lipinski definition) is 4. The number of para-hydroxylation sites is 1. The van der Waals surface area contributed by atoms with Gasteiger partial charge in [0.15, 0.2) is 0 Å². The maximum atomic E-state index is 10.2. The van der Waals surface area contributed by atoms with E-state index in [1.54, 1.807) is 6.20 Å². The predicted octanol–water partition coefficient (Wildman–Crippen LogP) is 7.03. The van der Waals surface area contributed by atoms with Gasteiger partial charge in [0.1, 0.15) is 17.2 Å². The second-order valence-corrected chi connectivity index (χ2v) is 10.2. The van der Waals surface area contributed by atoms with Crippen molar-refractivity contribution in [2.75, 3.05) is 13.2 Å². The number of allylic oxidation sites excluding steroid dienone is 2. The topological polar surface area (TPSA) is 86.7 Å². The normalized spacial score (nSPS) is 21.5. The van der Waals surface area contributed by atoms with E-state index in [1.807, 2.05) is 36.4 Å². The summed E-state index contributed by atoms with van der Waals surface area (Å²) >= 11 is 0. The average Bonchev–Trinajstić information content (AvgIpc) is 3.63. The van der Waals surface area contributed by atoms with Crippen molar-refractivity contribution in [1.82, 2.24) is 15.0 Å². The number of fused-ring (bicyclic) bond motifs is 2. The van der Waals surface area contributed by atoms with E-state index in [4.69, 9.17) is 9.47 Å². The van der Waals surface area contributed by atoms with Crippen molar-refractivity contribution in [3.8, 4) is 28.6 Å². The quantitative estimate of drug-likeness (QED) is 0.265. The number of rotatable bonds is 5. The van der Waals surface area contributed by atoms with Gasteiger partial charge >= 0.3 is 0 Å². The Balaban J connectivity index is 1.27. The molecule has 2 atom stereocenters. The molecule has 5 aromatic rings. The molecule has 0 saturated carbocycles. The van der Waals surface area contributed by atoms with Gasteiger partial charge < -0.3 is 19.4 Å². The summed E-state index contributed by atoms with van der Waals surface area (Å²) in [6.45, 7) is 1.35. The smallest absolute Gasteiger partial charge is 0.138 e. The van der Waals surface area contributed by atoms with Crippen LogP contribution in [0.4, 0.5) is 0 Å². The molecule has 0 amide bonds. The Bertz CT molecular complexity index is 1720. The molecule has 0 radical (unpaired) electrons. The number of hydrogen-bond donors (Lipinski definition) is 2. The molecule has 3 aromatic heterocycles. The molecule has 2 aliphatic rings. The molecule has 6 nitrogen and oxygen atoms in total. The number of pyridine rings is 1. The van der Waals surface area contributed by atoms with Gasteiger partial charge in [0, 0.05) is 52.7 Å². The van der Waals surface area contributed by atoms with Crippen LogP contribution in [0, 0.1) is 17.2 Å². The van der Waals surface area contributed by atoms with Crippen molar-refractivity contribution in [3.05, 3.63) is 103 Å². The van der Waals surface area contributed by atoms with Crippen molar-refractivity contribution >= 4 is 21.9 Å². The van der Waals surface area contributed by atoms with Crippen molar-refractivity contribution in [1.29, 1.82) is 5.26 Å². The van der Waals surface area contributed by atoms with Crippen LogP contribution >= 0.6 is 0 Å². The highest BCUT2D eigenvalue weighted by atomic mass is 16.5. The fraction of sp³-hybridized carbons (Fsp3) is 0.212. The van der Waals surface area contributed by atoms with Crippen LogP contribution in [0.3, 0.4) is 0 Å². The van der Waals surface area contributed by atoms with E-state index in [0.29, 0.717) is 13.2 Å². The zero-order valence-corrected chi connectivity index (χ0v) is 21.4. The first-order valence-electron chi connectivity index (χ1n) is 13.4. The second-order valence-electron chi connectivity index (χ2n) is 10.2. The molecule has 39 heavy (non-hydrogen) atoms. The maximum absolute atomic E-state index is 10.2. The lowest BCUT2D eigenvalue weighted by molar-refractivity contribution is -0.117. The third kappa shape index (κ3) is 4.17. The summed E-state index contributed by atoms with van der Waals surface area (Å²) in [6, 6.07) is 25.6. The molecule has 1 aliphatic heterocycles. The SMILES string of the molecule is N#CC1C=CC=CC1(OC1CCOCC1)c1ccnc2[nH]c(-c3ccc(-c4cc5ccccc5[nH]4)cc3)cc12. The van der Waals surface area contributed by atoms with Crippen molar-refractivity contribution in [2.24, 2.45) is 5.92 Å². The lowest BCUT2D eigenvalue weighted by Crippen LogP contribution is -2.41. The molecule has 1 fully saturated rings. The molecule has 1 aliphatic carbocycles. The molecular weight excluding hydrogens is 484 g/mol. The number of nitriles is 1. The van der Waals surface area contributed by atoms with Crippen LogP contribution in [0.1, 0.15) is 18.4 Å². The number of benzene rings is 2. The Kier molecular flexibility index (Phi) is 5.89. The molecule has 2 N–H and O–H groups in total. The van der Waals surface area contributed by atoms with Gasteiger partial charge in [0.05, 0.1) is 12.2 Å². The van der Waals surface area contributed by atoms with E-state index in [2.05, 4.69) is 75.6 Å². The van der Waals surface area contributed by atoms with Gasteiger partial charge in [-0.05, 0) is 54.3 Å². The van der Waals surface area contributed by atoms with Crippen LogP contribution < -0.4 is 0 Å². The van der Waals surface area contributed by atoms with Crippen molar-refractivity contribution < 1.29 is 9.47 Å². The molecule has 1 saturated heterocycles. The highest BCUT2D eigenvalue weighted by Crippen LogP contribution is 2.44. The maximum Gasteiger partial charge on any atom is 0.138 e. The Morgan fingerprint density at radius 1 is 0.923 bits per heavy atom. The first-order chi connectivity index (χ1) is 19.2. The molecular formula is C33H28N4O2. The van der Waals surface area contributed by atoms with Crippen molar-refractivity contribution in [2.45, 2.75) is 24.5 Å². The number of aromatic amines is 2. The lowest BCUT2D eigenvalue weighted by atomic mass is 9.77. The highest BCUT2D eigenvalue weighted by Gasteiger charge is 2.43. The third-order valence-corrected chi connectivity index (χ3v) is 7.88. The van der Waals surface area contributed by atoms with Gasteiger partial charge in [-0.3, -0.25) is 0 Å². The molecule has 0 spiro atoms. The number of nitrogens with zero attached hydrogens (tertiary/aromatic N) is 2. The van der Waals surface area contributed by atoms with Crippen LogP contribution in [0.2, 0.25) is 0 Å². The van der Waals surface area contributed by atoms with E-state index in [1.165, 1.54) is 5.39 Å². The first kappa shape index (κ1) is 23.7. The molecule has 0 bridgehead atoms. The van der Waals surface area contributed by atoms with E-state index in [9.17, 15) is 5.26 Å². The minimum Gasteiger partial charge on any atom is -0.381 e. The molecule has 7 rings (SSSR count). The van der Waals surface area contributed by atoms with Gasteiger partial charge in [-0.1, -0.05) is 60.7 Å². The van der Waals surface area contributed by atoms with E-state index >= 15 is 0 Å². The van der Waals surface area contributed by atoms with Gasteiger partial charge in [-0.2, -0.15) is 5.26 Å². The van der Waals surface area contributed by atoms with Crippen LogP contribution in [0.25, 0.3) is 44.5 Å². The second kappa shape index (κ2) is 9.70. The lowest BCUT2D eigenvalue weighted by Gasteiger charge is -2.40. The summed E-state index contributed by atoms with van der Waals surface area (Å²) in [6.07, 6.45) is 11.3. The monoisotopic (exact) mass is 512 g/mol. The Labute approximate surface area is 226 Å². The highest BCUT2D eigenvalue weighted by molar-refractivity contribution is 5.88. The van der Waals surface area contributed by atoms with E-state index in [-0.39, 0.29) is 6.10 Å². The molecule has 4 heterocycles. The number of aromatic nitrogens is 3. The molecule has 2 aromatic carbocycles. The largest absolute Gasteiger partial charge is 0.381 e. The molecule has 2 unspecified atom stereocenters. The minimum absolute atomic E-state index is 0.0181. The van der Waals surface area contributed by atoms with Crippen LogP contribution in [-0.2, 0) is 15.1 Å². The Hall–Kier alpha value is -4.44. The van der Waals surface area contributed by atoms with Gasteiger partial charge in [0.25, 0.3) is 0 Å². The van der Waals surface area contributed by atoms with Crippen LogP contribution in [-0.4, -0.2) is 34.3 Å². The fourth-order valence-corrected chi connectivity index (χ4v) is 5.84. The molecule has 192 valence electrons. The van der Waals surface area contributed by atoms with E-state index < -0.39 is 11.5 Å². The predicted molar refractivity (Wildman–Crippen MR) is 153 cm³/mol. The van der Waals surface area contributed by atoms with Gasteiger partial charge in [-0.15, -0.1) is 0 Å². The fourth-order valence-electron chi connectivity index (χ4n) is 5.84. The van der Waals surface area contributed by atoms with Gasteiger partial charge in [-0.25, -0.2) is 4.98 Å². The van der Waals surface area contributed by atoms with E-state index in [0.717, 1.165) is 57.5 Å². The number of H-pyrrole nitrogens is 2. The summed E-state index contributed by atoms with van der Waals surface area (Å²) < 4.78 is 12.4. The summed E-state index contributed by atoms with van der Waals surface area (Å²) in [7, 11) is 0. The zero-order chi connectivity index (χ0) is 26.2.